The fraction of sp³-hybridized carbons (Fsp3) is 0.889. The summed E-state index contributed by atoms with van der Waals surface area (Å²) >= 11 is 0. The Morgan fingerprint density at radius 2 is 1.92 bits per heavy atom. The molecule has 3 nitrogen and oxygen atoms in total. The van der Waals surface area contributed by atoms with E-state index in [2.05, 4.69) is 0 Å². The van der Waals surface area contributed by atoms with E-state index in [1.165, 1.54) is 0 Å². The van der Waals surface area contributed by atoms with Gasteiger partial charge in [0.1, 0.15) is 5.54 Å². The van der Waals surface area contributed by atoms with Crippen LogP contribution in [0.4, 0.5) is 0 Å². The number of carbonyl (C=O) groups is 1. The Labute approximate surface area is 73.4 Å². The zero-order chi connectivity index (χ0) is 9.57. The predicted octanol–water partition coefficient (Wildman–Crippen LogP) is 1.19. The van der Waals surface area contributed by atoms with E-state index in [0.29, 0.717) is 0 Å². The summed E-state index contributed by atoms with van der Waals surface area (Å²) < 4.78 is 0. The molecule has 1 rings (SSSR count). The van der Waals surface area contributed by atoms with Crippen molar-refractivity contribution in [1.29, 1.82) is 0 Å². The number of aliphatic carboxylic acids is 1. The second-order valence-corrected chi connectivity index (χ2v) is 4.33. The molecule has 0 radical (unpaired) electrons. The summed E-state index contributed by atoms with van der Waals surface area (Å²) in [4.78, 5) is 12.9. The summed E-state index contributed by atoms with van der Waals surface area (Å²) in [6.45, 7) is 3.85. The maximum absolute atomic E-state index is 11.1. The maximum Gasteiger partial charge on any atom is 0.324 e. The van der Waals surface area contributed by atoms with Crippen molar-refractivity contribution in [3.05, 3.63) is 0 Å². The number of rotatable bonds is 3. The molecule has 3 heteroatoms. The molecule has 0 amide bonds. The molecule has 0 aromatic heterocycles. The summed E-state index contributed by atoms with van der Waals surface area (Å²) in [7, 11) is 3.66. The fourth-order valence-electron chi connectivity index (χ4n) is 1.66. The van der Waals surface area contributed by atoms with Crippen LogP contribution in [0.25, 0.3) is 0 Å². The van der Waals surface area contributed by atoms with Gasteiger partial charge in [0.25, 0.3) is 0 Å². The van der Waals surface area contributed by atoms with Gasteiger partial charge in [0.2, 0.25) is 0 Å². The second kappa shape index (κ2) is 2.46. The van der Waals surface area contributed by atoms with Crippen LogP contribution in [-0.2, 0) is 4.79 Å². The van der Waals surface area contributed by atoms with Gasteiger partial charge in [-0.1, -0.05) is 6.92 Å². The van der Waals surface area contributed by atoms with Gasteiger partial charge in [-0.05, 0) is 39.3 Å². The highest BCUT2D eigenvalue weighted by molar-refractivity contribution is 5.80. The minimum absolute atomic E-state index is 0.0255. The van der Waals surface area contributed by atoms with E-state index < -0.39 is 11.5 Å². The number of hydrogen-bond acceptors (Lipinski definition) is 2. The first-order chi connectivity index (χ1) is 5.34. The van der Waals surface area contributed by atoms with E-state index >= 15 is 0 Å². The van der Waals surface area contributed by atoms with Gasteiger partial charge in [-0.3, -0.25) is 9.69 Å². The zero-order valence-electron chi connectivity index (χ0n) is 8.22. The third-order valence-corrected chi connectivity index (χ3v) is 3.49. The quantitative estimate of drug-likeness (QED) is 0.693. The van der Waals surface area contributed by atoms with Gasteiger partial charge in [0.05, 0.1) is 0 Å². The van der Waals surface area contributed by atoms with Crippen LogP contribution in [0, 0.1) is 5.41 Å². The topological polar surface area (TPSA) is 40.5 Å². The molecule has 1 aliphatic carbocycles. The van der Waals surface area contributed by atoms with Crippen molar-refractivity contribution in [2.75, 3.05) is 14.1 Å². The van der Waals surface area contributed by atoms with Gasteiger partial charge in [-0.2, -0.15) is 0 Å². The van der Waals surface area contributed by atoms with Crippen LogP contribution >= 0.6 is 0 Å². The Morgan fingerprint density at radius 3 is 2.00 bits per heavy atom. The van der Waals surface area contributed by atoms with Crippen LogP contribution in [0.15, 0.2) is 0 Å². The smallest absolute Gasteiger partial charge is 0.324 e. The summed E-state index contributed by atoms with van der Waals surface area (Å²) in [5.41, 5.74) is -0.727. The van der Waals surface area contributed by atoms with E-state index in [0.717, 1.165) is 12.8 Å². The molecule has 1 saturated carbocycles. The molecular weight excluding hydrogens is 154 g/mol. The molecule has 12 heavy (non-hydrogen) atoms. The molecule has 0 aliphatic heterocycles. The number of hydrogen-bond donors (Lipinski definition) is 1. The van der Waals surface area contributed by atoms with Crippen LogP contribution in [0.3, 0.4) is 0 Å². The van der Waals surface area contributed by atoms with Crippen molar-refractivity contribution in [3.63, 3.8) is 0 Å². The maximum atomic E-state index is 11.1. The summed E-state index contributed by atoms with van der Waals surface area (Å²) in [5, 5.41) is 9.14. The fourth-order valence-corrected chi connectivity index (χ4v) is 1.66. The highest BCUT2D eigenvalue weighted by atomic mass is 16.4. The molecule has 1 atom stereocenters. The Hall–Kier alpha value is -0.570. The molecule has 0 aromatic carbocycles. The average Bonchev–Trinajstić information content (AvgIpc) is 2.66. The molecule has 0 bridgehead atoms. The van der Waals surface area contributed by atoms with Gasteiger partial charge in [-0.15, -0.1) is 0 Å². The molecule has 0 heterocycles. The molecule has 1 aliphatic rings. The Kier molecular flexibility index (Phi) is 1.95. The minimum Gasteiger partial charge on any atom is -0.480 e. The normalized spacial score (nSPS) is 25.1. The lowest BCUT2D eigenvalue weighted by atomic mass is 9.83. The van der Waals surface area contributed by atoms with E-state index in [4.69, 9.17) is 5.11 Å². The number of carboxylic acid groups (broad SMARTS) is 1. The lowest BCUT2D eigenvalue weighted by Gasteiger charge is -2.37. The van der Waals surface area contributed by atoms with Gasteiger partial charge in [0, 0.05) is 0 Å². The van der Waals surface area contributed by atoms with Gasteiger partial charge in [-0.25, -0.2) is 0 Å². The van der Waals surface area contributed by atoms with Crippen LogP contribution in [0.5, 0.6) is 0 Å². The van der Waals surface area contributed by atoms with Gasteiger partial charge in [0.15, 0.2) is 0 Å². The molecule has 1 unspecified atom stereocenters. The number of nitrogens with zero attached hydrogens (tertiary/aromatic N) is 1. The lowest BCUT2D eigenvalue weighted by Crippen LogP contribution is -2.54. The first-order valence-electron chi connectivity index (χ1n) is 4.25. The van der Waals surface area contributed by atoms with Crippen LogP contribution in [-0.4, -0.2) is 35.6 Å². The van der Waals surface area contributed by atoms with Crippen molar-refractivity contribution < 1.29 is 9.90 Å². The Bertz CT molecular complexity index is 209. The SMILES string of the molecule is CN(C)C(C)(C(=O)O)C1(C)CC1. The van der Waals surface area contributed by atoms with E-state index in [-0.39, 0.29) is 5.41 Å². The van der Waals surface area contributed by atoms with Crippen molar-refractivity contribution >= 4 is 5.97 Å². The Morgan fingerprint density at radius 1 is 1.50 bits per heavy atom. The molecular formula is C9H17NO2. The third kappa shape index (κ3) is 1.04. The van der Waals surface area contributed by atoms with E-state index in [1.54, 1.807) is 0 Å². The monoisotopic (exact) mass is 171 g/mol. The summed E-state index contributed by atoms with van der Waals surface area (Å²) in [6, 6.07) is 0. The number of carboxylic acids is 1. The molecule has 70 valence electrons. The third-order valence-electron chi connectivity index (χ3n) is 3.49. The first kappa shape index (κ1) is 9.52. The first-order valence-corrected chi connectivity index (χ1v) is 4.25. The second-order valence-electron chi connectivity index (χ2n) is 4.33. The van der Waals surface area contributed by atoms with Crippen LogP contribution in [0.2, 0.25) is 0 Å². The van der Waals surface area contributed by atoms with Crippen molar-refractivity contribution in [1.82, 2.24) is 4.90 Å². The summed E-state index contributed by atoms with van der Waals surface area (Å²) in [5.74, 6) is -0.715. The van der Waals surface area contributed by atoms with E-state index in [9.17, 15) is 4.79 Å². The van der Waals surface area contributed by atoms with Crippen LogP contribution < -0.4 is 0 Å². The van der Waals surface area contributed by atoms with Crippen molar-refractivity contribution in [2.45, 2.75) is 32.2 Å². The molecule has 0 spiro atoms. The molecule has 0 aromatic rings. The highest BCUT2D eigenvalue weighted by Crippen LogP contribution is 2.55. The molecule has 0 saturated heterocycles. The van der Waals surface area contributed by atoms with Crippen molar-refractivity contribution in [2.24, 2.45) is 5.41 Å². The predicted molar refractivity (Wildman–Crippen MR) is 47.1 cm³/mol. The molecule has 1 fully saturated rings. The highest BCUT2D eigenvalue weighted by Gasteiger charge is 2.58. The van der Waals surface area contributed by atoms with E-state index in [1.807, 2.05) is 32.8 Å². The molecule has 1 N–H and O–H groups in total. The minimum atomic E-state index is -0.715. The summed E-state index contributed by atoms with van der Waals surface area (Å²) in [6.07, 6.45) is 2.04. The zero-order valence-corrected chi connectivity index (χ0v) is 8.22. The Balaban J connectivity index is 2.94. The van der Waals surface area contributed by atoms with Gasteiger partial charge < -0.3 is 5.11 Å². The van der Waals surface area contributed by atoms with Crippen molar-refractivity contribution in [3.8, 4) is 0 Å². The largest absolute Gasteiger partial charge is 0.480 e. The van der Waals surface area contributed by atoms with Crippen LogP contribution in [0.1, 0.15) is 26.7 Å². The number of likely N-dealkylation sites (N-methyl/N-ethyl adjacent to an activating group) is 1. The standard InChI is InChI=1S/C9H17NO2/c1-8(5-6-8)9(2,7(11)12)10(3)4/h5-6H2,1-4H3,(H,11,12). The lowest BCUT2D eigenvalue weighted by molar-refractivity contribution is -0.153. The average molecular weight is 171 g/mol. The van der Waals surface area contributed by atoms with Gasteiger partial charge >= 0.3 is 5.97 Å².